The van der Waals surface area contributed by atoms with Crippen molar-refractivity contribution < 1.29 is 23.1 Å². The van der Waals surface area contributed by atoms with Gasteiger partial charge in [0.1, 0.15) is 5.75 Å². The van der Waals surface area contributed by atoms with E-state index in [1.807, 2.05) is 0 Å². The number of anilines is 1. The molecule has 2 aromatic carbocycles. The molecule has 0 atom stereocenters. The van der Waals surface area contributed by atoms with Crippen LogP contribution in [0.25, 0.3) is 0 Å². The van der Waals surface area contributed by atoms with Gasteiger partial charge in [0, 0.05) is 6.54 Å². The SMILES string of the molecule is CN(CC(=O)Nc1ccccc1C(N)=O)Cc1cccc(OC(F)F)c1. The second-order valence-electron chi connectivity index (χ2n) is 5.66. The van der Waals surface area contributed by atoms with Crippen LogP contribution in [-0.4, -0.2) is 36.9 Å². The van der Waals surface area contributed by atoms with Crippen molar-refractivity contribution in [1.82, 2.24) is 4.90 Å². The van der Waals surface area contributed by atoms with Crippen molar-refractivity contribution in [2.24, 2.45) is 5.73 Å². The van der Waals surface area contributed by atoms with Gasteiger partial charge in [0.25, 0.3) is 5.91 Å². The highest BCUT2D eigenvalue weighted by Gasteiger charge is 2.13. The Hall–Kier alpha value is -3.00. The molecular formula is C18H19F2N3O3. The zero-order valence-electron chi connectivity index (χ0n) is 14.1. The Kier molecular flexibility index (Phi) is 6.62. The number of hydrogen-bond donors (Lipinski definition) is 2. The molecule has 26 heavy (non-hydrogen) atoms. The van der Waals surface area contributed by atoms with E-state index in [2.05, 4.69) is 10.1 Å². The highest BCUT2D eigenvalue weighted by molar-refractivity contribution is 6.03. The first kappa shape index (κ1) is 19.3. The number of nitrogens with two attached hydrogens (primary N) is 1. The van der Waals surface area contributed by atoms with Crippen molar-refractivity contribution in [3.8, 4) is 5.75 Å². The summed E-state index contributed by atoms with van der Waals surface area (Å²) in [6, 6.07) is 12.7. The Balaban J connectivity index is 1.95. The van der Waals surface area contributed by atoms with Crippen molar-refractivity contribution in [1.29, 1.82) is 0 Å². The van der Waals surface area contributed by atoms with Crippen LogP contribution in [-0.2, 0) is 11.3 Å². The molecule has 2 amide bonds. The number of likely N-dealkylation sites (N-methyl/N-ethyl adjacent to an activating group) is 1. The molecule has 0 radical (unpaired) electrons. The molecule has 6 nitrogen and oxygen atoms in total. The number of hydrogen-bond acceptors (Lipinski definition) is 4. The summed E-state index contributed by atoms with van der Waals surface area (Å²) in [4.78, 5) is 25.2. The van der Waals surface area contributed by atoms with Gasteiger partial charge in [-0.25, -0.2) is 0 Å². The second-order valence-corrected chi connectivity index (χ2v) is 5.66. The van der Waals surface area contributed by atoms with Crippen LogP contribution in [0, 0.1) is 0 Å². The van der Waals surface area contributed by atoms with Gasteiger partial charge in [-0.15, -0.1) is 0 Å². The maximum atomic E-state index is 12.3. The predicted molar refractivity (Wildman–Crippen MR) is 93.0 cm³/mol. The minimum atomic E-state index is -2.89. The summed E-state index contributed by atoms with van der Waals surface area (Å²) in [5, 5.41) is 2.64. The molecule has 0 aliphatic carbocycles. The Morgan fingerprint density at radius 2 is 1.92 bits per heavy atom. The first-order chi connectivity index (χ1) is 12.3. The normalized spacial score (nSPS) is 10.8. The van der Waals surface area contributed by atoms with Crippen LogP contribution in [0.1, 0.15) is 15.9 Å². The van der Waals surface area contributed by atoms with Crippen LogP contribution in [0.5, 0.6) is 5.75 Å². The fourth-order valence-corrected chi connectivity index (χ4v) is 2.43. The monoisotopic (exact) mass is 363 g/mol. The molecule has 0 spiro atoms. The molecule has 0 saturated heterocycles. The highest BCUT2D eigenvalue weighted by atomic mass is 19.3. The number of nitrogens with one attached hydrogen (secondary N) is 1. The number of carbonyl (C=O) groups excluding carboxylic acids is 2. The van der Waals surface area contributed by atoms with Gasteiger partial charge in [-0.3, -0.25) is 14.5 Å². The van der Waals surface area contributed by atoms with Crippen molar-refractivity contribution in [2.75, 3.05) is 18.9 Å². The lowest BCUT2D eigenvalue weighted by atomic mass is 10.1. The zero-order chi connectivity index (χ0) is 19.1. The van der Waals surface area contributed by atoms with Crippen LogP contribution >= 0.6 is 0 Å². The Bertz CT molecular complexity index is 784. The summed E-state index contributed by atoms with van der Waals surface area (Å²) in [5.74, 6) is -0.906. The summed E-state index contributed by atoms with van der Waals surface area (Å²) >= 11 is 0. The van der Waals surface area contributed by atoms with Crippen LogP contribution in [0.2, 0.25) is 0 Å². The van der Waals surface area contributed by atoms with Gasteiger partial charge >= 0.3 is 6.61 Å². The molecular weight excluding hydrogens is 344 g/mol. The molecule has 0 aliphatic rings. The smallest absolute Gasteiger partial charge is 0.387 e. The van der Waals surface area contributed by atoms with E-state index in [9.17, 15) is 18.4 Å². The fourth-order valence-electron chi connectivity index (χ4n) is 2.43. The van der Waals surface area contributed by atoms with E-state index in [0.717, 1.165) is 5.56 Å². The van der Waals surface area contributed by atoms with E-state index < -0.39 is 12.5 Å². The summed E-state index contributed by atoms with van der Waals surface area (Å²) in [6.07, 6.45) is 0. The van der Waals surface area contributed by atoms with Crippen LogP contribution < -0.4 is 15.8 Å². The maximum Gasteiger partial charge on any atom is 0.387 e. The number of para-hydroxylation sites is 1. The van der Waals surface area contributed by atoms with E-state index >= 15 is 0 Å². The van der Waals surface area contributed by atoms with Crippen molar-refractivity contribution in [2.45, 2.75) is 13.2 Å². The van der Waals surface area contributed by atoms with E-state index in [-0.39, 0.29) is 23.8 Å². The third-order valence-corrected chi connectivity index (χ3v) is 3.46. The molecule has 0 aliphatic heterocycles. The van der Waals surface area contributed by atoms with Crippen molar-refractivity contribution in [3.63, 3.8) is 0 Å². The number of halogens is 2. The lowest BCUT2D eigenvalue weighted by Gasteiger charge is -2.17. The zero-order valence-corrected chi connectivity index (χ0v) is 14.1. The van der Waals surface area contributed by atoms with Gasteiger partial charge in [-0.2, -0.15) is 8.78 Å². The molecule has 0 saturated carbocycles. The van der Waals surface area contributed by atoms with E-state index in [1.165, 1.54) is 18.2 Å². The molecule has 8 heteroatoms. The topological polar surface area (TPSA) is 84.7 Å². The average molecular weight is 363 g/mol. The second kappa shape index (κ2) is 8.91. The molecule has 0 fully saturated rings. The summed E-state index contributed by atoms with van der Waals surface area (Å²) < 4.78 is 28.9. The number of amides is 2. The number of nitrogens with zero attached hydrogens (tertiary/aromatic N) is 1. The molecule has 0 bridgehead atoms. The third-order valence-electron chi connectivity index (χ3n) is 3.46. The number of carbonyl (C=O) groups is 2. The summed E-state index contributed by atoms with van der Waals surface area (Å²) in [6.45, 7) is -2.50. The molecule has 0 unspecified atom stereocenters. The van der Waals surface area contributed by atoms with Gasteiger partial charge in [-0.05, 0) is 36.9 Å². The first-order valence-corrected chi connectivity index (χ1v) is 7.76. The number of alkyl halides is 2. The maximum absolute atomic E-state index is 12.3. The van der Waals surface area contributed by atoms with E-state index in [4.69, 9.17) is 5.73 Å². The van der Waals surface area contributed by atoms with Gasteiger partial charge < -0.3 is 15.8 Å². The highest BCUT2D eigenvalue weighted by Crippen LogP contribution is 2.17. The van der Waals surface area contributed by atoms with Crippen LogP contribution in [0.4, 0.5) is 14.5 Å². The van der Waals surface area contributed by atoms with Crippen LogP contribution in [0.3, 0.4) is 0 Å². The van der Waals surface area contributed by atoms with Gasteiger partial charge in [0.05, 0.1) is 17.8 Å². The Morgan fingerprint density at radius 3 is 2.62 bits per heavy atom. The van der Waals surface area contributed by atoms with Crippen molar-refractivity contribution >= 4 is 17.5 Å². The van der Waals surface area contributed by atoms with Gasteiger partial charge in [0.2, 0.25) is 5.91 Å². The number of primary amides is 1. The Labute approximate surface area is 149 Å². The average Bonchev–Trinajstić information content (AvgIpc) is 2.54. The summed E-state index contributed by atoms with van der Waals surface area (Å²) in [5.41, 5.74) is 6.56. The molecule has 3 N–H and O–H groups in total. The van der Waals surface area contributed by atoms with Gasteiger partial charge in [-0.1, -0.05) is 24.3 Å². The number of benzene rings is 2. The van der Waals surface area contributed by atoms with E-state index in [1.54, 1.807) is 42.3 Å². The van der Waals surface area contributed by atoms with E-state index in [0.29, 0.717) is 12.2 Å². The molecule has 2 aromatic rings. The quantitative estimate of drug-likeness (QED) is 0.755. The first-order valence-electron chi connectivity index (χ1n) is 7.76. The van der Waals surface area contributed by atoms with Crippen molar-refractivity contribution in [3.05, 3.63) is 59.7 Å². The lowest BCUT2D eigenvalue weighted by Crippen LogP contribution is -2.30. The lowest BCUT2D eigenvalue weighted by molar-refractivity contribution is -0.117. The van der Waals surface area contributed by atoms with Gasteiger partial charge in [0.15, 0.2) is 0 Å². The minimum Gasteiger partial charge on any atom is -0.435 e. The predicted octanol–water partition coefficient (Wildman–Crippen LogP) is 2.46. The third kappa shape index (κ3) is 5.82. The van der Waals surface area contributed by atoms with Crippen LogP contribution in [0.15, 0.2) is 48.5 Å². The Morgan fingerprint density at radius 1 is 1.19 bits per heavy atom. The molecule has 0 heterocycles. The molecule has 2 rings (SSSR count). The molecule has 138 valence electrons. The summed E-state index contributed by atoms with van der Waals surface area (Å²) in [7, 11) is 1.71. The largest absolute Gasteiger partial charge is 0.435 e. The number of rotatable bonds is 8. The minimum absolute atomic E-state index is 0.0348. The number of ether oxygens (including phenoxy) is 1. The molecule has 0 aromatic heterocycles. The fraction of sp³-hybridized carbons (Fsp3) is 0.222. The standard InChI is InChI=1S/C18H19F2N3O3/c1-23(10-12-5-4-6-13(9-12)26-18(19)20)11-16(24)22-15-8-3-2-7-14(15)17(21)25/h2-9,18H,10-11H2,1H3,(H2,21,25)(H,22,24).